The Hall–Kier alpha value is -1.33. The van der Waals surface area contributed by atoms with Gasteiger partial charge in [0.25, 0.3) is 0 Å². The van der Waals surface area contributed by atoms with Crippen LogP contribution in [0.5, 0.6) is 0 Å². The van der Waals surface area contributed by atoms with Crippen LogP contribution in [-0.2, 0) is 0 Å². The largest absolute Gasteiger partial charge is 0.295 e. The molecule has 0 radical (unpaired) electrons. The third-order valence-corrected chi connectivity index (χ3v) is 3.99. The predicted molar refractivity (Wildman–Crippen MR) is 74.0 cm³/mol. The molecule has 0 saturated heterocycles. The van der Waals surface area contributed by atoms with E-state index in [2.05, 4.69) is 42.6 Å². The van der Waals surface area contributed by atoms with Crippen molar-refractivity contribution in [2.45, 2.75) is 51.1 Å². The molecule has 0 aliphatic heterocycles. The Balaban J connectivity index is 1.96. The molecule has 0 aromatic heterocycles. The van der Waals surface area contributed by atoms with Gasteiger partial charge in [0.1, 0.15) is 0 Å². The fraction of sp³-hybridized carbons (Fsp3) is 0.562. The zero-order valence-corrected chi connectivity index (χ0v) is 11.1. The minimum atomic E-state index is 0.000469. The van der Waals surface area contributed by atoms with Crippen LogP contribution in [-0.4, -0.2) is 6.04 Å². The number of hydrogen-bond donors (Lipinski definition) is 1. The summed E-state index contributed by atoms with van der Waals surface area (Å²) in [7, 11) is 0. The highest BCUT2D eigenvalue weighted by molar-refractivity contribution is 5.18. The topological polar surface area (TPSA) is 35.8 Å². The number of hydrogen-bond acceptors (Lipinski definition) is 2. The van der Waals surface area contributed by atoms with Gasteiger partial charge >= 0.3 is 0 Å². The average molecular weight is 242 g/mol. The van der Waals surface area contributed by atoms with E-state index in [0.717, 1.165) is 0 Å². The molecule has 2 heteroatoms. The van der Waals surface area contributed by atoms with Crippen molar-refractivity contribution in [1.29, 1.82) is 5.26 Å². The van der Waals surface area contributed by atoms with Crippen molar-refractivity contribution in [3.05, 3.63) is 35.9 Å². The fourth-order valence-electron chi connectivity index (χ4n) is 2.85. The molecule has 1 aromatic rings. The molecule has 1 saturated carbocycles. The van der Waals surface area contributed by atoms with E-state index in [9.17, 15) is 5.26 Å². The Morgan fingerprint density at radius 1 is 1.17 bits per heavy atom. The lowest BCUT2D eigenvalue weighted by molar-refractivity contribution is 0.292. The summed E-state index contributed by atoms with van der Waals surface area (Å²) in [5.41, 5.74) is 1.26. The van der Waals surface area contributed by atoms with Crippen molar-refractivity contribution >= 4 is 0 Å². The molecular weight excluding hydrogens is 220 g/mol. The summed E-state index contributed by atoms with van der Waals surface area (Å²) in [6.07, 6.45) is 6.30. The van der Waals surface area contributed by atoms with Gasteiger partial charge in [-0.3, -0.25) is 5.32 Å². The highest BCUT2D eigenvalue weighted by atomic mass is 14.9. The number of benzene rings is 1. The minimum Gasteiger partial charge on any atom is -0.295 e. The SMILES string of the molecule is CC(NC(C#N)C1CCCCC1)c1ccccc1. The third-order valence-electron chi connectivity index (χ3n) is 3.99. The Morgan fingerprint density at radius 3 is 2.44 bits per heavy atom. The van der Waals surface area contributed by atoms with E-state index in [0.29, 0.717) is 5.92 Å². The van der Waals surface area contributed by atoms with Gasteiger partial charge in [-0.05, 0) is 31.2 Å². The summed E-state index contributed by atoms with van der Waals surface area (Å²) in [6, 6.07) is 13.1. The van der Waals surface area contributed by atoms with Crippen molar-refractivity contribution in [2.75, 3.05) is 0 Å². The fourth-order valence-corrected chi connectivity index (χ4v) is 2.85. The lowest BCUT2D eigenvalue weighted by atomic mass is 9.84. The van der Waals surface area contributed by atoms with Crippen LogP contribution in [0.3, 0.4) is 0 Å². The Kier molecular flexibility index (Phi) is 4.78. The van der Waals surface area contributed by atoms with Crippen molar-refractivity contribution < 1.29 is 0 Å². The lowest BCUT2D eigenvalue weighted by Gasteiger charge is -2.28. The first-order valence-electron chi connectivity index (χ1n) is 7.02. The van der Waals surface area contributed by atoms with E-state index >= 15 is 0 Å². The van der Waals surface area contributed by atoms with E-state index in [1.807, 2.05) is 6.07 Å². The molecule has 0 bridgehead atoms. The molecule has 1 aromatic carbocycles. The molecule has 2 nitrogen and oxygen atoms in total. The normalized spacial score (nSPS) is 20.0. The molecule has 18 heavy (non-hydrogen) atoms. The molecule has 0 spiro atoms. The molecule has 2 unspecified atom stereocenters. The second-order valence-electron chi connectivity index (χ2n) is 5.30. The molecule has 2 atom stereocenters. The molecule has 1 fully saturated rings. The van der Waals surface area contributed by atoms with E-state index in [4.69, 9.17) is 0 Å². The third kappa shape index (κ3) is 3.34. The Labute approximate surface area is 110 Å². The number of nitrogens with one attached hydrogen (secondary N) is 1. The monoisotopic (exact) mass is 242 g/mol. The van der Waals surface area contributed by atoms with Crippen LogP contribution in [0, 0.1) is 17.2 Å². The van der Waals surface area contributed by atoms with Crippen molar-refractivity contribution in [3.8, 4) is 6.07 Å². The molecule has 1 aliphatic carbocycles. The number of nitrogens with zero attached hydrogens (tertiary/aromatic N) is 1. The maximum atomic E-state index is 9.36. The molecule has 1 N–H and O–H groups in total. The van der Waals surface area contributed by atoms with Crippen LogP contribution in [0.2, 0.25) is 0 Å². The van der Waals surface area contributed by atoms with Crippen LogP contribution in [0.1, 0.15) is 50.6 Å². The van der Waals surface area contributed by atoms with Crippen LogP contribution in [0.25, 0.3) is 0 Å². The first kappa shape index (κ1) is 13.1. The Bertz CT molecular complexity index is 387. The van der Waals surface area contributed by atoms with Crippen LogP contribution in [0.4, 0.5) is 0 Å². The highest BCUT2D eigenvalue weighted by Gasteiger charge is 2.24. The lowest BCUT2D eigenvalue weighted by Crippen LogP contribution is -2.37. The first-order valence-corrected chi connectivity index (χ1v) is 7.02. The van der Waals surface area contributed by atoms with E-state index in [1.54, 1.807) is 0 Å². The Morgan fingerprint density at radius 2 is 1.83 bits per heavy atom. The van der Waals surface area contributed by atoms with Gasteiger partial charge < -0.3 is 0 Å². The summed E-state index contributed by atoms with van der Waals surface area (Å²) in [5.74, 6) is 0.537. The van der Waals surface area contributed by atoms with Crippen LogP contribution < -0.4 is 5.32 Å². The van der Waals surface area contributed by atoms with Crippen molar-refractivity contribution in [2.24, 2.45) is 5.92 Å². The maximum absolute atomic E-state index is 9.36. The second kappa shape index (κ2) is 6.56. The van der Waals surface area contributed by atoms with Crippen molar-refractivity contribution in [1.82, 2.24) is 5.32 Å². The van der Waals surface area contributed by atoms with Gasteiger partial charge in [0.15, 0.2) is 0 Å². The quantitative estimate of drug-likeness (QED) is 0.871. The highest BCUT2D eigenvalue weighted by Crippen LogP contribution is 2.27. The zero-order chi connectivity index (χ0) is 12.8. The van der Waals surface area contributed by atoms with Crippen LogP contribution >= 0.6 is 0 Å². The van der Waals surface area contributed by atoms with E-state index in [1.165, 1.54) is 37.7 Å². The second-order valence-corrected chi connectivity index (χ2v) is 5.30. The van der Waals surface area contributed by atoms with Gasteiger partial charge in [0.2, 0.25) is 0 Å². The molecule has 2 rings (SSSR count). The van der Waals surface area contributed by atoms with E-state index in [-0.39, 0.29) is 12.1 Å². The van der Waals surface area contributed by atoms with Gasteiger partial charge in [0, 0.05) is 6.04 Å². The average Bonchev–Trinajstić information content (AvgIpc) is 2.46. The smallest absolute Gasteiger partial charge is 0.0986 e. The number of rotatable bonds is 4. The van der Waals surface area contributed by atoms with Gasteiger partial charge in [-0.1, -0.05) is 49.6 Å². The minimum absolute atomic E-state index is 0.000469. The summed E-state index contributed by atoms with van der Waals surface area (Å²) < 4.78 is 0. The summed E-state index contributed by atoms with van der Waals surface area (Å²) in [4.78, 5) is 0. The first-order chi connectivity index (χ1) is 8.81. The standard InChI is InChI=1S/C16H22N2/c1-13(14-8-4-2-5-9-14)18-16(12-17)15-10-6-3-7-11-15/h2,4-5,8-9,13,15-16,18H,3,6-7,10-11H2,1H3. The molecule has 0 amide bonds. The summed E-state index contributed by atoms with van der Waals surface area (Å²) in [6.45, 7) is 2.14. The summed E-state index contributed by atoms with van der Waals surface area (Å²) >= 11 is 0. The molecular formula is C16H22N2. The van der Waals surface area contributed by atoms with Crippen LogP contribution in [0.15, 0.2) is 30.3 Å². The molecule has 0 heterocycles. The van der Waals surface area contributed by atoms with Gasteiger partial charge in [0.05, 0.1) is 12.1 Å². The van der Waals surface area contributed by atoms with E-state index < -0.39 is 0 Å². The maximum Gasteiger partial charge on any atom is 0.0986 e. The predicted octanol–water partition coefficient (Wildman–Crippen LogP) is 3.81. The molecule has 96 valence electrons. The zero-order valence-electron chi connectivity index (χ0n) is 11.1. The van der Waals surface area contributed by atoms with Gasteiger partial charge in [-0.25, -0.2) is 0 Å². The van der Waals surface area contributed by atoms with Crippen molar-refractivity contribution in [3.63, 3.8) is 0 Å². The van der Waals surface area contributed by atoms with Gasteiger partial charge in [-0.15, -0.1) is 0 Å². The summed E-state index contributed by atoms with van der Waals surface area (Å²) in [5, 5.41) is 12.9. The molecule has 1 aliphatic rings. The number of nitriles is 1. The van der Waals surface area contributed by atoms with Gasteiger partial charge in [-0.2, -0.15) is 5.26 Å².